The first kappa shape index (κ1) is 14.2. The summed E-state index contributed by atoms with van der Waals surface area (Å²) in [5.41, 5.74) is 13.2. The number of rotatable bonds is 8. The highest BCUT2D eigenvalue weighted by Gasteiger charge is 2.10. The van der Waals surface area contributed by atoms with Gasteiger partial charge in [0.1, 0.15) is 12.6 Å². The summed E-state index contributed by atoms with van der Waals surface area (Å²) < 4.78 is 4.69. The maximum Gasteiger partial charge on any atom is 0.320 e. The molecule has 1 atom stereocenters. The molecule has 16 heavy (non-hydrogen) atoms. The van der Waals surface area contributed by atoms with E-state index < -0.39 is 18.0 Å². The van der Waals surface area contributed by atoms with Gasteiger partial charge in [0.15, 0.2) is 0 Å². The molecule has 0 aliphatic heterocycles. The van der Waals surface area contributed by atoms with Gasteiger partial charge in [-0.15, -0.1) is 0 Å². The molecular weight excluding hydrogens is 216 g/mol. The van der Waals surface area contributed by atoms with Crippen molar-refractivity contribution in [1.29, 1.82) is 0 Å². The summed E-state index contributed by atoms with van der Waals surface area (Å²) in [7, 11) is 0. The largest absolute Gasteiger partial charge is 0.480 e. The number of hydrogen-bond acceptors (Lipinski definition) is 5. The standard InChI is InChI=1S/C8H14N4O4/c9-6(8(14)15)3-1-2-4-16-7(13)5-11-12-10/h6H,1-5,9H2,(H,14,15)/t6-/m0/s1. The monoisotopic (exact) mass is 230 g/mol. The first-order valence-electron chi connectivity index (χ1n) is 4.72. The number of aliphatic carboxylic acids is 1. The number of nitrogens with zero attached hydrogens (tertiary/aromatic N) is 3. The normalized spacial score (nSPS) is 11.3. The third kappa shape index (κ3) is 7.60. The lowest BCUT2D eigenvalue weighted by molar-refractivity contribution is -0.142. The summed E-state index contributed by atoms with van der Waals surface area (Å²) in [6, 6.07) is -0.876. The van der Waals surface area contributed by atoms with Gasteiger partial charge in [-0.1, -0.05) is 5.11 Å². The van der Waals surface area contributed by atoms with Crippen molar-refractivity contribution in [1.82, 2.24) is 0 Å². The molecule has 0 aliphatic rings. The van der Waals surface area contributed by atoms with Crippen LogP contribution in [0.3, 0.4) is 0 Å². The molecule has 90 valence electrons. The molecule has 0 heterocycles. The minimum atomic E-state index is -1.04. The number of esters is 1. The van der Waals surface area contributed by atoms with Crippen molar-refractivity contribution in [3.8, 4) is 0 Å². The first-order chi connectivity index (χ1) is 7.57. The van der Waals surface area contributed by atoms with Crippen LogP contribution in [0.4, 0.5) is 0 Å². The van der Waals surface area contributed by atoms with E-state index in [0.29, 0.717) is 19.3 Å². The Morgan fingerprint density at radius 2 is 2.19 bits per heavy atom. The van der Waals surface area contributed by atoms with Crippen molar-refractivity contribution >= 4 is 11.9 Å². The number of hydrogen-bond donors (Lipinski definition) is 2. The lowest BCUT2D eigenvalue weighted by Crippen LogP contribution is -2.29. The summed E-state index contributed by atoms with van der Waals surface area (Å²) in [6.45, 7) is -0.155. The number of azide groups is 1. The van der Waals surface area contributed by atoms with Crippen LogP contribution >= 0.6 is 0 Å². The number of carboxylic acids is 1. The number of carboxylic acid groups (broad SMARTS) is 1. The number of ether oxygens (including phenoxy) is 1. The zero-order valence-electron chi connectivity index (χ0n) is 8.70. The SMILES string of the molecule is [N-]=[N+]=NCC(=O)OCCCC[C@H](N)C(=O)O. The smallest absolute Gasteiger partial charge is 0.320 e. The molecule has 0 radical (unpaired) electrons. The Kier molecular flexibility index (Phi) is 7.56. The van der Waals surface area contributed by atoms with Gasteiger partial charge in [-0.25, -0.2) is 0 Å². The van der Waals surface area contributed by atoms with Crippen LogP contribution in [0, 0.1) is 0 Å². The summed E-state index contributed by atoms with van der Waals surface area (Å²) >= 11 is 0. The number of carbonyl (C=O) groups excluding carboxylic acids is 1. The summed E-state index contributed by atoms with van der Waals surface area (Å²) in [5, 5.41) is 11.5. The topological polar surface area (TPSA) is 138 Å². The second-order valence-corrected chi connectivity index (χ2v) is 3.05. The number of carbonyl (C=O) groups is 2. The van der Waals surface area contributed by atoms with Crippen LogP contribution in [-0.2, 0) is 14.3 Å². The van der Waals surface area contributed by atoms with Gasteiger partial charge in [0.25, 0.3) is 0 Å². The van der Waals surface area contributed by atoms with Crippen molar-refractivity contribution in [2.24, 2.45) is 10.8 Å². The second-order valence-electron chi connectivity index (χ2n) is 3.05. The minimum Gasteiger partial charge on any atom is -0.480 e. The number of unbranched alkanes of at least 4 members (excludes halogenated alkanes) is 1. The molecule has 0 spiro atoms. The van der Waals surface area contributed by atoms with E-state index >= 15 is 0 Å². The van der Waals surface area contributed by atoms with E-state index in [1.165, 1.54) is 0 Å². The van der Waals surface area contributed by atoms with Gasteiger partial charge >= 0.3 is 11.9 Å². The van der Waals surface area contributed by atoms with Crippen molar-refractivity contribution in [3.63, 3.8) is 0 Å². The van der Waals surface area contributed by atoms with Crippen molar-refractivity contribution < 1.29 is 19.4 Å². The molecule has 0 unspecified atom stereocenters. The van der Waals surface area contributed by atoms with Crippen LogP contribution < -0.4 is 5.73 Å². The fourth-order valence-corrected chi connectivity index (χ4v) is 0.911. The van der Waals surface area contributed by atoms with Crippen LogP contribution in [0.1, 0.15) is 19.3 Å². The summed E-state index contributed by atoms with van der Waals surface area (Å²) in [4.78, 5) is 23.5. The Bertz CT molecular complexity index is 288. The van der Waals surface area contributed by atoms with Crippen molar-refractivity contribution in [2.45, 2.75) is 25.3 Å². The highest BCUT2D eigenvalue weighted by Crippen LogP contribution is 1.99. The minimum absolute atomic E-state index is 0.173. The van der Waals surface area contributed by atoms with Gasteiger partial charge in [0.05, 0.1) is 6.61 Å². The molecule has 0 aromatic rings. The zero-order valence-corrected chi connectivity index (χ0v) is 8.70. The molecule has 0 saturated carbocycles. The molecule has 0 fully saturated rings. The lowest BCUT2D eigenvalue weighted by Gasteiger charge is -2.06. The van der Waals surface area contributed by atoms with E-state index in [9.17, 15) is 9.59 Å². The quantitative estimate of drug-likeness (QED) is 0.204. The lowest BCUT2D eigenvalue weighted by atomic mass is 10.1. The summed E-state index contributed by atoms with van der Waals surface area (Å²) in [6.07, 6.45) is 1.43. The molecule has 0 aromatic heterocycles. The van der Waals surface area contributed by atoms with E-state index in [1.54, 1.807) is 0 Å². The van der Waals surface area contributed by atoms with Crippen LogP contribution in [0.25, 0.3) is 10.4 Å². The summed E-state index contributed by atoms with van der Waals surface area (Å²) in [5.74, 6) is -1.64. The predicted octanol–water partition coefficient (Wildman–Crippen LogP) is 0.422. The molecular formula is C8H14N4O4. The Morgan fingerprint density at radius 3 is 2.75 bits per heavy atom. The number of nitrogens with two attached hydrogens (primary N) is 1. The van der Waals surface area contributed by atoms with E-state index in [2.05, 4.69) is 10.0 Å². The third-order valence-corrected chi connectivity index (χ3v) is 1.75. The Hall–Kier alpha value is -1.79. The van der Waals surface area contributed by atoms with E-state index in [0.717, 1.165) is 0 Å². The molecule has 0 amide bonds. The highest BCUT2D eigenvalue weighted by atomic mass is 16.5. The second kappa shape index (κ2) is 8.51. The van der Waals surface area contributed by atoms with Crippen LogP contribution in [0.15, 0.2) is 5.11 Å². The van der Waals surface area contributed by atoms with E-state index in [1.807, 2.05) is 0 Å². The maximum atomic E-state index is 10.8. The van der Waals surface area contributed by atoms with Crippen molar-refractivity contribution in [3.05, 3.63) is 10.4 Å². The van der Waals surface area contributed by atoms with Gasteiger partial charge in [-0.2, -0.15) is 0 Å². The molecule has 0 rings (SSSR count). The molecule has 0 aromatic carbocycles. The first-order valence-corrected chi connectivity index (χ1v) is 4.72. The molecule has 0 saturated heterocycles. The molecule has 8 heteroatoms. The van der Waals surface area contributed by atoms with Crippen LogP contribution in [0.2, 0.25) is 0 Å². The highest BCUT2D eigenvalue weighted by molar-refractivity contribution is 5.73. The average Bonchev–Trinajstić information content (AvgIpc) is 2.25. The zero-order chi connectivity index (χ0) is 12.4. The molecule has 0 aliphatic carbocycles. The predicted molar refractivity (Wildman–Crippen MR) is 54.4 cm³/mol. The fourth-order valence-electron chi connectivity index (χ4n) is 0.911. The molecule has 3 N–H and O–H groups in total. The Balaban J connectivity index is 3.43. The van der Waals surface area contributed by atoms with Gasteiger partial charge in [0.2, 0.25) is 0 Å². The van der Waals surface area contributed by atoms with E-state index in [-0.39, 0.29) is 13.2 Å². The van der Waals surface area contributed by atoms with Gasteiger partial charge in [-0.3, -0.25) is 9.59 Å². The van der Waals surface area contributed by atoms with E-state index in [4.69, 9.17) is 21.1 Å². The van der Waals surface area contributed by atoms with Gasteiger partial charge in [-0.05, 0) is 24.8 Å². The van der Waals surface area contributed by atoms with Crippen LogP contribution in [-0.4, -0.2) is 36.2 Å². The fraction of sp³-hybridized carbons (Fsp3) is 0.750. The molecule has 8 nitrogen and oxygen atoms in total. The Morgan fingerprint density at radius 1 is 1.50 bits per heavy atom. The van der Waals surface area contributed by atoms with Crippen LogP contribution in [0.5, 0.6) is 0 Å². The van der Waals surface area contributed by atoms with Crippen molar-refractivity contribution in [2.75, 3.05) is 13.2 Å². The van der Waals surface area contributed by atoms with Gasteiger partial charge in [0, 0.05) is 4.91 Å². The maximum absolute atomic E-state index is 10.8. The Labute approximate surface area is 92.0 Å². The average molecular weight is 230 g/mol. The van der Waals surface area contributed by atoms with Gasteiger partial charge < -0.3 is 15.6 Å². The third-order valence-electron chi connectivity index (χ3n) is 1.75. The molecule has 0 bridgehead atoms.